The van der Waals surface area contributed by atoms with Gasteiger partial charge in [-0.1, -0.05) is 20.8 Å². The largest absolute Gasteiger partial charge is 0.394 e. The summed E-state index contributed by atoms with van der Waals surface area (Å²) in [4.78, 5) is 2.42. The summed E-state index contributed by atoms with van der Waals surface area (Å²) in [6, 6.07) is 0.475. The fourth-order valence-corrected chi connectivity index (χ4v) is 2.70. The zero-order chi connectivity index (χ0) is 12.2. The van der Waals surface area contributed by atoms with Gasteiger partial charge in [0.15, 0.2) is 0 Å². The Kier molecular flexibility index (Phi) is 5.57. The van der Waals surface area contributed by atoms with Crippen molar-refractivity contribution >= 4 is 11.8 Å². The monoisotopic (exact) mass is 247 g/mol. The summed E-state index contributed by atoms with van der Waals surface area (Å²) in [6.07, 6.45) is 0.0100. The lowest BCUT2D eigenvalue weighted by Crippen LogP contribution is -2.50. The number of hydrogen-bond donors (Lipinski definition) is 1. The molecule has 1 rings (SSSR count). The van der Waals surface area contributed by atoms with Gasteiger partial charge >= 0.3 is 0 Å². The van der Waals surface area contributed by atoms with E-state index in [1.165, 1.54) is 0 Å². The average molecular weight is 247 g/mol. The number of nitrogens with zero attached hydrogens (tertiary/aromatic N) is 1. The Morgan fingerprint density at radius 2 is 2.12 bits per heavy atom. The maximum absolute atomic E-state index is 9.09. The van der Waals surface area contributed by atoms with E-state index in [2.05, 4.69) is 32.6 Å². The number of thioether (sulfide) groups is 1. The lowest BCUT2D eigenvalue weighted by molar-refractivity contribution is -0.0757. The molecule has 1 heterocycles. The molecule has 0 aromatic rings. The van der Waals surface area contributed by atoms with Crippen molar-refractivity contribution in [3.05, 3.63) is 0 Å². The summed E-state index contributed by atoms with van der Waals surface area (Å²) in [5, 5.41) is 9.09. The molecule has 1 saturated heterocycles. The first kappa shape index (κ1) is 14.3. The molecule has 0 amide bonds. The number of aliphatic hydroxyl groups is 1. The fraction of sp³-hybridized carbons (Fsp3) is 1.00. The number of morpholine rings is 1. The average Bonchev–Trinajstić information content (AvgIpc) is 2.19. The first-order valence-corrected chi connectivity index (χ1v) is 7.01. The maximum Gasteiger partial charge on any atom is 0.0933 e. The molecule has 96 valence electrons. The molecular formula is C12H25NO2S. The highest BCUT2D eigenvalue weighted by Gasteiger charge is 2.25. The second-order valence-corrected chi connectivity index (χ2v) is 7.36. The van der Waals surface area contributed by atoms with Gasteiger partial charge in [0.25, 0.3) is 0 Å². The second kappa shape index (κ2) is 6.24. The van der Waals surface area contributed by atoms with E-state index in [0.29, 0.717) is 10.8 Å². The lowest BCUT2D eigenvalue weighted by Gasteiger charge is -2.37. The molecule has 1 aliphatic rings. The molecule has 0 saturated carbocycles. The van der Waals surface area contributed by atoms with Crippen LogP contribution in [0.25, 0.3) is 0 Å². The van der Waals surface area contributed by atoms with Crippen molar-refractivity contribution in [2.75, 3.05) is 32.1 Å². The molecule has 4 heteroatoms. The Morgan fingerprint density at radius 1 is 1.44 bits per heavy atom. The highest BCUT2D eigenvalue weighted by molar-refractivity contribution is 8.00. The van der Waals surface area contributed by atoms with Crippen LogP contribution < -0.4 is 0 Å². The van der Waals surface area contributed by atoms with Crippen LogP contribution in [-0.2, 0) is 4.74 Å². The number of rotatable bonds is 4. The van der Waals surface area contributed by atoms with Gasteiger partial charge in [0.05, 0.1) is 19.3 Å². The van der Waals surface area contributed by atoms with Crippen molar-refractivity contribution in [2.24, 2.45) is 0 Å². The van der Waals surface area contributed by atoms with E-state index in [1.54, 1.807) is 0 Å². The van der Waals surface area contributed by atoms with E-state index in [0.717, 1.165) is 25.4 Å². The van der Waals surface area contributed by atoms with Gasteiger partial charge in [0, 0.05) is 29.6 Å². The van der Waals surface area contributed by atoms with Crippen LogP contribution in [0.3, 0.4) is 0 Å². The van der Waals surface area contributed by atoms with Crippen LogP contribution >= 0.6 is 11.8 Å². The molecule has 2 atom stereocenters. The van der Waals surface area contributed by atoms with Crippen molar-refractivity contribution in [2.45, 2.75) is 44.6 Å². The van der Waals surface area contributed by atoms with Crippen molar-refractivity contribution in [3.63, 3.8) is 0 Å². The van der Waals surface area contributed by atoms with Crippen LogP contribution in [0.15, 0.2) is 0 Å². The molecule has 0 aromatic carbocycles. The van der Waals surface area contributed by atoms with Crippen molar-refractivity contribution < 1.29 is 9.84 Å². The highest BCUT2D eigenvalue weighted by Crippen LogP contribution is 2.23. The van der Waals surface area contributed by atoms with Gasteiger partial charge in [0.2, 0.25) is 0 Å². The van der Waals surface area contributed by atoms with Gasteiger partial charge < -0.3 is 9.84 Å². The van der Waals surface area contributed by atoms with Gasteiger partial charge in [-0.3, -0.25) is 4.90 Å². The molecular weight excluding hydrogens is 222 g/mol. The van der Waals surface area contributed by atoms with E-state index in [4.69, 9.17) is 9.84 Å². The first-order chi connectivity index (χ1) is 7.42. The third-order valence-electron chi connectivity index (χ3n) is 2.75. The summed E-state index contributed by atoms with van der Waals surface area (Å²) in [5.74, 6) is 1.14. The molecule has 0 aromatic heterocycles. The normalized spacial score (nSPS) is 28.3. The van der Waals surface area contributed by atoms with Crippen LogP contribution in [0, 0.1) is 0 Å². The Hall–Kier alpha value is 0.230. The van der Waals surface area contributed by atoms with Crippen LogP contribution in [0.1, 0.15) is 27.7 Å². The summed E-state index contributed by atoms with van der Waals surface area (Å²) in [7, 11) is 0. The van der Waals surface area contributed by atoms with Gasteiger partial charge in [-0.2, -0.15) is 11.8 Å². The topological polar surface area (TPSA) is 32.7 Å². The van der Waals surface area contributed by atoms with Crippen LogP contribution in [0.2, 0.25) is 0 Å². The molecule has 0 spiro atoms. The first-order valence-electron chi connectivity index (χ1n) is 6.03. The molecule has 3 nitrogen and oxygen atoms in total. The lowest BCUT2D eigenvalue weighted by atomic mass is 10.2. The van der Waals surface area contributed by atoms with Gasteiger partial charge in [-0.15, -0.1) is 0 Å². The summed E-state index contributed by atoms with van der Waals surface area (Å²) in [5.41, 5.74) is 0. The molecule has 1 fully saturated rings. The highest BCUT2D eigenvalue weighted by atomic mass is 32.2. The SMILES string of the molecule is C[C@H]1CO[C@@H](CO)CN1CCSC(C)(C)C. The van der Waals surface area contributed by atoms with Gasteiger partial charge in [-0.25, -0.2) is 0 Å². The minimum atomic E-state index is 0.0100. The quantitative estimate of drug-likeness (QED) is 0.818. The third-order valence-corrected chi connectivity index (χ3v) is 4.00. The Labute approximate surface area is 104 Å². The number of hydrogen-bond acceptors (Lipinski definition) is 4. The van der Waals surface area contributed by atoms with Crippen molar-refractivity contribution in [1.82, 2.24) is 4.90 Å². The van der Waals surface area contributed by atoms with E-state index < -0.39 is 0 Å². The van der Waals surface area contributed by atoms with E-state index in [-0.39, 0.29) is 12.7 Å². The maximum atomic E-state index is 9.09. The van der Waals surface area contributed by atoms with E-state index >= 15 is 0 Å². The number of aliphatic hydroxyl groups excluding tert-OH is 1. The standard InChI is InChI=1S/C12H25NO2S/c1-10-9-15-11(8-14)7-13(10)5-6-16-12(2,3)4/h10-11,14H,5-9H2,1-4H3/t10-,11+/m0/s1. The van der Waals surface area contributed by atoms with Crippen LogP contribution in [-0.4, -0.2) is 59.0 Å². The van der Waals surface area contributed by atoms with Crippen LogP contribution in [0.5, 0.6) is 0 Å². The van der Waals surface area contributed by atoms with Crippen molar-refractivity contribution in [1.29, 1.82) is 0 Å². The van der Waals surface area contributed by atoms with Crippen LogP contribution in [0.4, 0.5) is 0 Å². The summed E-state index contributed by atoms with van der Waals surface area (Å²) < 4.78 is 5.86. The summed E-state index contributed by atoms with van der Waals surface area (Å²) >= 11 is 1.99. The molecule has 0 radical (unpaired) electrons. The molecule has 0 bridgehead atoms. The zero-order valence-electron chi connectivity index (χ0n) is 10.9. The smallest absolute Gasteiger partial charge is 0.0933 e. The minimum absolute atomic E-state index is 0.0100. The Balaban J connectivity index is 2.28. The number of ether oxygens (including phenoxy) is 1. The van der Waals surface area contributed by atoms with E-state index in [1.807, 2.05) is 11.8 Å². The third kappa shape index (κ3) is 5.04. The zero-order valence-corrected chi connectivity index (χ0v) is 11.7. The molecule has 1 aliphatic heterocycles. The molecule has 0 aliphatic carbocycles. The Bertz CT molecular complexity index is 206. The molecule has 0 unspecified atom stereocenters. The Morgan fingerprint density at radius 3 is 2.69 bits per heavy atom. The fourth-order valence-electron chi connectivity index (χ4n) is 1.77. The predicted octanol–water partition coefficient (Wildman–Crippen LogP) is 1.60. The second-order valence-electron chi connectivity index (χ2n) is 5.44. The minimum Gasteiger partial charge on any atom is -0.394 e. The van der Waals surface area contributed by atoms with Gasteiger partial charge in [-0.05, 0) is 6.92 Å². The van der Waals surface area contributed by atoms with E-state index in [9.17, 15) is 0 Å². The van der Waals surface area contributed by atoms with Gasteiger partial charge in [0.1, 0.15) is 0 Å². The molecule has 1 N–H and O–H groups in total. The molecule has 16 heavy (non-hydrogen) atoms. The summed E-state index contributed by atoms with van der Waals surface area (Å²) in [6.45, 7) is 11.8. The predicted molar refractivity (Wildman–Crippen MR) is 70.1 cm³/mol. The van der Waals surface area contributed by atoms with Crippen molar-refractivity contribution in [3.8, 4) is 0 Å².